The first-order valence-corrected chi connectivity index (χ1v) is 12.3. The normalized spacial score (nSPS) is 15.9. The van der Waals surface area contributed by atoms with E-state index in [1.165, 1.54) is 61.8 Å². The van der Waals surface area contributed by atoms with Crippen LogP contribution in [-0.2, 0) is 27.3 Å². The first-order valence-electron chi connectivity index (χ1n) is 11.9. The number of benzene rings is 2. The largest absolute Gasteiger partial charge is 0.414 e. The summed E-state index contributed by atoms with van der Waals surface area (Å²) in [5.74, 6) is -1.19. The molecule has 2 amide bonds. The van der Waals surface area contributed by atoms with Gasteiger partial charge in [-0.3, -0.25) is 14.4 Å². The first-order chi connectivity index (χ1) is 18.5. The molecule has 8 nitrogen and oxygen atoms in total. The summed E-state index contributed by atoms with van der Waals surface area (Å²) in [6.45, 7) is -0.327. The number of anilines is 1. The average molecular weight is 564 g/mol. The zero-order chi connectivity index (χ0) is 28.3. The Kier molecular flexibility index (Phi) is 8.43. The van der Waals surface area contributed by atoms with Crippen molar-refractivity contribution in [1.82, 2.24) is 4.57 Å². The lowest BCUT2D eigenvalue weighted by Gasteiger charge is -2.27. The second-order valence-electron chi connectivity index (χ2n) is 9.03. The maximum atomic E-state index is 13.7. The molecule has 12 heteroatoms. The fourth-order valence-electron chi connectivity index (χ4n) is 4.41. The molecule has 2 heterocycles. The number of aromatic nitrogens is 1. The number of hydrogen-bond acceptors (Lipinski definition) is 5. The molecule has 0 saturated heterocycles. The highest BCUT2D eigenvalue weighted by Gasteiger charge is 2.42. The number of fused-ring (bicyclic) bond motifs is 3. The fraction of sp³-hybridized carbons (Fsp3) is 0.296. The standard InChI is InChI=1S/C27H25ClF3N3O5/c1-38-9-8-22(26(37)33-19-6-3-15(4-7-19)25(32)36)34-13-17-14-39-23(27(29,30)31)10-16-2-5-18(28)11-20(16)21(17)12-24(34)35/h2-7,11-13,22-23H,8-10,14H2,1H3,(H2,32,36)(H,33,37). The van der Waals surface area contributed by atoms with Crippen LogP contribution < -0.4 is 16.6 Å². The molecule has 1 aromatic heterocycles. The Morgan fingerprint density at radius 3 is 2.49 bits per heavy atom. The summed E-state index contributed by atoms with van der Waals surface area (Å²) in [4.78, 5) is 37.9. The number of methoxy groups -OCH3 is 1. The van der Waals surface area contributed by atoms with Crippen LogP contribution in [0.1, 0.15) is 33.9 Å². The van der Waals surface area contributed by atoms with Gasteiger partial charge >= 0.3 is 6.18 Å². The predicted molar refractivity (Wildman–Crippen MR) is 139 cm³/mol. The molecule has 3 aromatic rings. The van der Waals surface area contributed by atoms with Crippen LogP contribution in [0.3, 0.4) is 0 Å². The van der Waals surface area contributed by atoms with Gasteiger partial charge in [0.15, 0.2) is 6.10 Å². The van der Waals surface area contributed by atoms with E-state index < -0.39 is 48.7 Å². The third-order valence-corrected chi connectivity index (χ3v) is 6.64. The minimum atomic E-state index is -4.62. The molecule has 4 rings (SSSR count). The maximum absolute atomic E-state index is 13.7. The number of rotatable bonds is 7. The van der Waals surface area contributed by atoms with Crippen LogP contribution in [0.5, 0.6) is 0 Å². The lowest BCUT2D eigenvalue weighted by Crippen LogP contribution is -2.36. The van der Waals surface area contributed by atoms with E-state index in [2.05, 4.69) is 5.32 Å². The highest BCUT2D eigenvalue weighted by Crippen LogP contribution is 2.36. The monoisotopic (exact) mass is 563 g/mol. The van der Waals surface area contributed by atoms with Gasteiger partial charge in [0.2, 0.25) is 11.8 Å². The van der Waals surface area contributed by atoms with E-state index in [1.807, 2.05) is 0 Å². The Bertz CT molecular complexity index is 1440. The minimum Gasteiger partial charge on any atom is -0.385 e. The molecule has 1 aliphatic rings. The first kappa shape index (κ1) is 28.3. The number of nitrogens with zero attached hydrogens (tertiary/aromatic N) is 1. The molecule has 1 aliphatic heterocycles. The molecular weight excluding hydrogens is 539 g/mol. The van der Waals surface area contributed by atoms with Gasteiger partial charge in [0.1, 0.15) is 6.04 Å². The van der Waals surface area contributed by atoms with Crippen molar-refractivity contribution < 1.29 is 32.2 Å². The van der Waals surface area contributed by atoms with Gasteiger partial charge in [-0.2, -0.15) is 13.2 Å². The van der Waals surface area contributed by atoms with Crippen LogP contribution in [0.2, 0.25) is 5.02 Å². The van der Waals surface area contributed by atoms with Crippen molar-refractivity contribution in [3.63, 3.8) is 0 Å². The van der Waals surface area contributed by atoms with Gasteiger partial charge in [-0.25, -0.2) is 0 Å². The predicted octanol–water partition coefficient (Wildman–Crippen LogP) is 4.49. The van der Waals surface area contributed by atoms with Gasteiger partial charge in [0, 0.05) is 60.7 Å². The SMILES string of the molecule is COCCC(C(=O)Nc1ccc(C(N)=O)cc1)n1cc2c(cc1=O)-c1cc(Cl)ccc1CC(C(F)(F)F)OC2. The summed E-state index contributed by atoms with van der Waals surface area (Å²) >= 11 is 6.16. The van der Waals surface area contributed by atoms with Crippen LogP contribution in [0.25, 0.3) is 11.1 Å². The number of halogens is 4. The Labute approximate surface area is 226 Å². The van der Waals surface area contributed by atoms with E-state index in [4.69, 9.17) is 26.8 Å². The number of ether oxygens (including phenoxy) is 2. The molecule has 0 radical (unpaired) electrons. The van der Waals surface area contributed by atoms with Gasteiger partial charge in [0.05, 0.1) is 6.61 Å². The molecule has 2 unspecified atom stereocenters. The van der Waals surface area contributed by atoms with Crippen molar-refractivity contribution in [2.24, 2.45) is 5.73 Å². The Hall–Kier alpha value is -3.67. The molecule has 0 saturated carbocycles. The Morgan fingerprint density at radius 1 is 1.15 bits per heavy atom. The van der Waals surface area contributed by atoms with Crippen LogP contribution in [-0.4, -0.2) is 42.4 Å². The van der Waals surface area contributed by atoms with Crippen molar-refractivity contribution in [1.29, 1.82) is 0 Å². The fourth-order valence-corrected chi connectivity index (χ4v) is 4.58. The van der Waals surface area contributed by atoms with Gasteiger partial charge in [-0.15, -0.1) is 0 Å². The molecule has 3 N–H and O–H groups in total. The van der Waals surface area contributed by atoms with Crippen molar-refractivity contribution in [2.75, 3.05) is 19.0 Å². The molecule has 0 spiro atoms. The highest BCUT2D eigenvalue weighted by atomic mass is 35.5. The van der Waals surface area contributed by atoms with Gasteiger partial charge in [-0.05, 0) is 53.1 Å². The summed E-state index contributed by atoms with van der Waals surface area (Å²) in [6, 6.07) is 10.5. The third kappa shape index (κ3) is 6.49. The second-order valence-corrected chi connectivity index (χ2v) is 9.47. The topological polar surface area (TPSA) is 113 Å². The highest BCUT2D eigenvalue weighted by molar-refractivity contribution is 6.30. The van der Waals surface area contributed by atoms with Gasteiger partial charge in [-0.1, -0.05) is 17.7 Å². The molecule has 39 heavy (non-hydrogen) atoms. The van der Waals surface area contributed by atoms with Crippen LogP contribution in [0.4, 0.5) is 18.9 Å². The van der Waals surface area contributed by atoms with E-state index in [9.17, 15) is 27.6 Å². The lowest BCUT2D eigenvalue weighted by molar-refractivity contribution is -0.223. The molecule has 206 valence electrons. The summed E-state index contributed by atoms with van der Waals surface area (Å²) < 4.78 is 52.6. The van der Waals surface area contributed by atoms with Gasteiger partial charge < -0.3 is 25.1 Å². The Balaban J connectivity index is 1.75. The number of primary amides is 1. The minimum absolute atomic E-state index is 0.0921. The van der Waals surface area contributed by atoms with E-state index in [-0.39, 0.29) is 24.2 Å². The molecule has 0 bridgehead atoms. The number of hydrogen-bond donors (Lipinski definition) is 2. The lowest BCUT2D eigenvalue weighted by atomic mass is 9.92. The summed E-state index contributed by atoms with van der Waals surface area (Å²) in [6.07, 6.45) is -5.69. The molecule has 0 aliphatic carbocycles. The average Bonchev–Trinajstić information content (AvgIpc) is 2.87. The van der Waals surface area contributed by atoms with Crippen molar-refractivity contribution in [3.05, 3.63) is 86.8 Å². The number of carbonyl (C=O) groups excluding carboxylic acids is 2. The number of pyridine rings is 1. The number of carbonyl (C=O) groups is 2. The number of amides is 2. The van der Waals surface area contributed by atoms with Crippen molar-refractivity contribution in [2.45, 2.75) is 37.8 Å². The Morgan fingerprint density at radius 2 is 1.85 bits per heavy atom. The number of alkyl halides is 3. The van der Waals surface area contributed by atoms with Crippen LogP contribution in [0, 0.1) is 0 Å². The molecule has 0 fully saturated rings. The maximum Gasteiger partial charge on any atom is 0.414 e. The third-order valence-electron chi connectivity index (χ3n) is 6.41. The number of nitrogens with one attached hydrogen (secondary N) is 1. The van der Waals surface area contributed by atoms with Crippen molar-refractivity contribution >= 4 is 29.1 Å². The van der Waals surface area contributed by atoms with E-state index in [0.29, 0.717) is 27.4 Å². The van der Waals surface area contributed by atoms with E-state index in [1.54, 1.807) is 0 Å². The van der Waals surface area contributed by atoms with Gasteiger partial charge in [0.25, 0.3) is 5.56 Å². The summed E-state index contributed by atoms with van der Waals surface area (Å²) in [5, 5.41) is 2.99. The smallest absolute Gasteiger partial charge is 0.385 e. The zero-order valence-electron chi connectivity index (χ0n) is 20.8. The molecule has 2 atom stereocenters. The van der Waals surface area contributed by atoms with Crippen LogP contribution >= 0.6 is 11.6 Å². The zero-order valence-corrected chi connectivity index (χ0v) is 21.5. The van der Waals surface area contributed by atoms with Crippen molar-refractivity contribution in [3.8, 4) is 11.1 Å². The summed E-state index contributed by atoms with van der Waals surface area (Å²) in [7, 11) is 1.44. The van der Waals surface area contributed by atoms with E-state index in [0.717, 1.165) is 4.57 Å². The number of nitrogens with two attached hydrogens (primary N) is 1. The van der Waals surface area contributed by atoms with E-state index >= 15 is 0 Å². The summed E-state index contributed by atoms with van der Waals surface area (Å²) in [5.41, 5.74) is 6.69. The molecule has 2 aromatic carbocycles. The van der Waals surface area contributed by atoms with Crippen LogP contribution in [0.15, 0.2) is 59.5 Å². The quantitative estimate of drug-likeness (QED) is 0.440. The molecular formula is C27H25ClF3N3O5. The second kappa shape index (κ2) is 11.6.